The molecule has 1 aromatic heterocycles. The van der Waals surface area contributed by atoms with Gasteiger partial charge in [-0.05, 0) is 41.3 Å². The molecule has 1 amide bonds. The van der Waals surface area contributed by atoms with Gasteiger partial charge in [0.2, 0.25) is 5.91 Å². The van der Waals surface area contributed by atoms with Crippen molar-refractivity contribution in [3.05, 3.63) is 82.4 Å². The molecule has 0 aliphatic rings. The van der Waals surface area contributed by atoms with E-state index in [9.17, 15) is 17.6 Å². The predicted octanol–water partition coefficient (Wildman–Crippen LogP) is 4.79. The zero-order valence-corrected chi connectivity index (χ0v) is 19.5. The van der Waals surface area contributed by atoms with Crippen molar-refractivity contribution in [3.8, 4) is 0 Å². The van der Waals surface area contributed by atoms with Crippen LogP contribution in [0.4, 0.5) is 10.1 Å². The second-order valence-electron chi connectivity index (χ2n) is 6.42. The smallest absolute Gasteiger partial charge is 0.274 e. The average Bonchev–Trinajstić information content (AvgIpc) is 3.30. The first-order chi connectivity index (χ1) is 14.9. The van der Waals surface area contributed by atoms with Crippen LogP contribution in [0, 0.1) is 5.82 Å². The van der Waals surface area contributed by atoms with Crippen LogP contribution in [0.15, 0.2) is 70.3 Å². The number of para-hydroxylation sites is 1. The number of thioether (sulfide) groups is 1. The molecule has 0 radical (unpaired) electrons. The van der Waals surface area contributed by atoms with E-state index in [1.165, 1.54) is 24.3 Å². The molecule has 0 bridgehead atoms. The molecule has 0 aliphatic carbocycles. The fourth-order valence-corrected chi connectivity index (χ4v) is 6.17. The van der Waals surface area contributed by atoms with Gasteiger partial charge in [0.1, 0.15) is 16.6 Å². The zero-order chi connectivity index (χ0) is 22.3. The lowest BCUT2D eigenvalue weighted by Gasteiger charge is -2.23. The highest BCUT2D eigenvalue weighted by Crippen LogP contribution is 2.28. The first-order valence-electron chi connectivity index (χ1n) is 9.27. The Bertz CT molecular complexity index is 1110. The Morgan fingerprint density at radius 3 is 2.52 bits per heavy atom. The van der Waals surface area contributed by atoms with E-state index in [0.29, 0.717) is 17.3 Å². The quantitative estimate of drug-likeness (QED) is 0.408. The van der Waals surface area contributed by atoms with E-state index in [-0.39, 0.29) is 9.90 Å². The highest BCUT2D eigenvalue weighted by molar-refractivity contribution is 7.98. The minimum atomic E-state index is -4.07. The third-order valence-electron chi connectivity index (χ3n) is 4.20. The van der Waals surface area contributed by atoms with E-state index in [1.54, 1.807) is 23.2 Å². The molecule has 0 atom stereocenters. The maximum atomic E-state index is 14.4. The Hall–Kier alpha value is -2.07. The summed E-state index contributed by atoms with van der Waals surface area (Å²) in [7, 11) is -4.07. The third kappa shape index (κ3) is 6.46. The van der Waals surface area contributed by atoms with E-state index in [0.717, 1.165) is 33.0 Å². The van der Waals surface area contributed by atoms with Crippen molar-refractivity contribution in [3.63, 3.8) is 0 Å². The number of anilines is 1. The van der Waals surface area contributed by atoms with Gasteiger partial charge in [-0.25, -0.2) is 12.8 Å². The molecule has 3 rings (SSSR count). The van der Waals surface area contributed by atoms with E-state index in [4.69, 9.17) is 11.6 Å². The topological polar surface area (TPSA) is 66.5 Å². The van der Waals surface area contributed by atoms with Gasteiger partial charge in [-0.1, -0.05) is 41.9 Å². The van der Waals surface area contributed by atoms with Gasteiger partial charge >= 0.3 is 0 Å². The molecule has 3 aromatic rings. The van der Waals surface area contributed by atoms with Crippen molar-refractivity contribution in [2.24, 2.45) is 0 Å². The Morgan fingerprint density at radius 2 is 1.84 bits per heavy atom. The number of nitrogens with one attached hydrogen (secondary N) is 1. The summed E-state index contributed by atoms with van der Waals surface area (Å²) in [5.41, 5.74) is 0.955. The summed E-state index contributed by atoms with van der Waals surface area (Å²) in [5.74, 6) is 0.191. The molecule has 0 spiro atoms. The second kappa shape index (κ2) is 11.0. The van der Waals surface area contributed by atoms with E-state index in [2.05, 4.69) is 5.32 Å². The number of rotatable bonds is 10. The van der Waals surface area contributed by atoms with Crippen LogP contribution in [0.2, 0.25) is 5.02 Å². The van der Waals surface area contributed by atoms with Crippen LogP contribution in [-0.4, -0.2) is 33.2 Å². The van der Waals surface area contributed by atoms with Crippen molar-refractivity contribution in [1.29, 1.82) is 0 Å². The number of carbonyl (C=O) groups excluding carboxylic acids is 1. The molecule has 1 N–H and O–H groups in total. The largest absolute Gasteiger partial charge is 0.354 e. The molecule has 31 heavy (non-hydrogen) atoms. The summed E-state index contributed by atoms with van der Waals surface area (Å²) in [6.07, 6.45) is 0. The summed E-state index contributed by atoms with van der Waals surface area (Å²) in [6, 6.07) is 16.1. The standard InChI is InChI=1S/C21H20ClFN2O3S3/c22-17-9-7-16(8-10-17)15-29-13-11-24-20(26)14-25(19-5-2-1-4-18(19)23)31(27,28)21-6-3-12-30-21/h1-10,12H,11,13-15H2,(H,24,26). The lowest BCUT2D eigenvalue weighted by atomic mass is 10.2. The van der Waals surface area contributed by atoms with Crippen LogP contribution < -0.4 is 9.62 Å². The van der Waals surface area contributed by atoms with Crippen molar-refractivity contribution >= 4 is 56.3 Å². The summed E-state index contributed by atoms with van der Waals surface area (Å²) in [5, 5.41) is 5.00. The second-order valence-corrected chi connectivity index (χ2v) is 11.0. The fraction of sp³-hybridized carbons (Fsp3) is 0.190. The van der Waals surface area contributed by atoms with E-state index in [1.807, 2.05) is 24.3 Å². The minimum Gasteiger partial charge on any atom is -0.354 e. The average molecular weight is 499 g/mol. The van der Waals surface area contributed by atoms with Gasteiger partial charge in [-0.15, -0.1) is 11.3 Å². The number of benzene rings is 2. The molecule has 0 saturated carbocycles. The Balaban J connectivity index is 1.60. The molecule has 5 nitrogen and oxygen atoms in total. The first kappa shape index (κ1) is 23.6. The summed E-state index contributed by atoms with van der Waals surface area (Å²) >= 11 is 8.51. The summed E-state index contributed by atoms with van der Waals surface area (Å²) < 4.78 is 41.2. The molecular weight excluding hydrogens is 479 g/mol. The van der Waals surface area contributed by atoms with Crippen LogP contribution in [0.5, 0.6) is 0 Å². The van der Waals surface area contributed by atoms with Gasteiger partial charge in [0.15, 0.2) is 0 Å². The SMILES string of the molecule is O=C(CN(c1ccccc1F)S(=O)(=O)c1cccs1)NCCSCc1ccc(Cl)cc1. The molecule has 164 valence electrons. The van der Waals surface area contributed by atoms with Gasteiger partial charge in [0, 0.05) is 23.1 Å². The van der Waals surface area contributed by atoms with Gasteiger partial charge < -0.3 is 5.32 Å². The summed E-state index contributed by atoms with van der Waals surface area (Å²) in [4.78, 5) is 12.5. The number of hydrogen-bond donors (Lipinski definition) is 1. The molecule has 0 unspecified atom stereocenters. The number of carbonyl (C=O) groups is 1. The van der Waals surface area contributed by atoms with Crippen molar-refractivity contribution < 1.29 is 17.6 Å². The molecule has 0 fully saturated rings. The lowest BCUT2D eigenvalue weighted by Crippen LogP contribution is -2.41. The van der Waals surface area contributed by atoms with Gasteiger partial charge in [-0.3, -0.25) is 9.10 Å². The number of thiophene rings is 1. The van der Waals surface area contributed by atoms with Crippen molar-refractivity contribution in [1.82, 2.24) is 5.32 Å². The van der Waals surface area contributed by atoms with Crippen LogP contribution in [0.1, 0.15) is 5.56 Å². The molecule has 0 saturated heterocycles. The molecule has 1 heterocycles. The van der Waals surface area contributed by atoms with Crippen molar-refractivity contribution in [2.45, 2.75) is 9.96 Å². The Labute approximate surface area is 194 Å². The normalized spacial score (nSPS) is 11.3. The maximum absolute atomic E-state index is 14.4. The fourth-order valence-electron chi connectivity index (χ4n) is 2.69. The molecule has 10 heteroatoms. The van der Waals surface area contributed by atoms with Crippen LogP contribution >= 0.6 is 34.7 Å². The number of nitrogens with zero attached hydrogens (tertiary/aromatic N) is 1. The highest BCUT2D eigenvalue weighted by atomic mass is 35.5. The highest BCUT2D eigenvalue weighted by Gasteiger charge is 2.29. The molecule has 0 aliphatic heterocycles. The van der Waals surface area contributed by atoms with Crippen molar-refractivity contribution in [2.75, 3.05) is 23.1 Å². The number of halogens is 2. The zero-order valence-electron chi connectivity index (χ0n) is 16.3. The summed E-state index contributed by atoms with van der Waals surface area (Å²) in [6.45, 7) is -0.149. The third-order valence-corrected chi connectivity index (χ3v) is 8.61. The lowest BCUT2D eigenvalue weighted by molar-refractivity contribution is -0.119. The van der Waals surface area contributed by atoms with Gasteiger partial charge in [0.25, 0.3) is 10.0 Å². The molecular formula is C21H20ClFN2O3S3. The maximum Gasteiger partial charge on any atom is 0.274 e. The number of sulfonamides is 1. The predicted molar refractivity (Wildman–Crippen MR) is 126 cm³/mol. The van der Waals surface area contributed by atoms with E-state index < -0.39 is 28.3 Å². The minimum absolute atomic E-state index is 0.0436. The van der Waals surface area contributed by atoms with Crippen LogP contribution in [0.25, 0.3) is 0 Å². The monoisotopic (exact) mass is 498 g/mol. The molecule has 2 aromatic carbocycles. The van der Waals surface area contributed by atoms with Crippen LogP contribution in [-0.2, 0) is 20.6 Å². The van der Waals surface area contributed by atoms with Gasteiger partial charge in [0.05, 0.1) is 5.69 Å². The van der Waals surface area contributed by atoms with Gasteiger partial charge in [-0.2, -0.15) is 11.8 Å². The van der Waals surface area contributed by atoms with E-state index >= 15 is 0 Å². The first-order valence-corrected chi connectivity index (χ1v) is 13.1. The number of amides is 1. The number of hydrogen-bond acceptors (Lipinski definition) is 5. The Morgan fingerprint density at radius 1 is 1.10 bits per heavy atom. The van der Waals surface area contributed by atoms with Crippen LogP contribution in [0.3, 0.4) is 0 Å². The Kier molecular flexibility index (Phi) is 8.36.